The normalized spacial score (nSPS) is 16.7. The minimum absolute atomic E-state index is 0.232. The van der Waals surface area contributed by atoms with Gasteiger partial charge in [0.2, 0.25) is 5.95 Å². The first kappa shape index (κ1) is 25.9. The highest BCUT2D eigenvalue weighted by Crippen LogP contribution is 2.37. The first-order chi connectivity index (χ1) is 18.5. The molecule has 198 valence electrons. The number of benzene rings is 1. The highest BCUT2D eigenvalue weighted by atomic mass is 35.5. The smallest absolute Gasteiger partial charge is 0.247 e. The summed E-state index contributed by atoms with van der Waals surface area (Å²) in [5.41, 5.74) is 2.46. The fourth-order valence-electron chi connectivity index (χ4n) is 4.52. The van der Waals surface area contributed by atoms with E-state index in [1.807, 2.05) is 0 Å². The number of rotatable bonds is 10. The molecule has 0 radical (unpaired) electrons. The molecular weight excluding hydrogens is 508 g/mol. The van der Waals surface area contributed by atoms with Gasteiger partial charge in [-0.05, 0) is 37.8 Å². The van der Waals surface area contributed by atoms with Gasteiger partial charge < -0.3 is 30.7 Å². The Morgan fingerprint density at radius 3 is 2.66 bits per heavy atom. The molecule has 0 bridgehead atoms. The number of fused-ring (bicyclic) bond motifs is 1. The van der Waals surface area contributed by atoms with Crippen LogP contribution in [-0.4, -0.2) is 76.2 Å². The Bertz CT molecular complexity index is 1390. The SMILES string of the molecule is COC[C@H](O)CNC1CCN(c2cc(C#N)cc(Nc3nc(NC4CC4)c4ncc(C#N)n4n3)c2Cl)CC1. The van der Waals surface area contributed by atoms with Crippen molar-refractivity contribution < 1.29 is 9.84 Å². The molecule has 1 aromatic carbocycles. The second-order valence-electron chi connectivity index (χ2n) is 9.57. The number of nitrogens with zero attached hydrogens (tertiary/aromatic N) is 7. The van der Waals surface area contributed by atoms with Crippen molar-refractivity contribution in [2.24, 2.45) is 0 Å². The molecule has 0 spiro atoms. The third-order valence-corrected chi connectivity index (χ3v) is 7.06. The van der Waals surface area contributed by atoms with Crippen LogP contribution in [0.15, 0.2) is 18.3 Å². The molecule has 2 aliphatic rings. The molecule has 1 aliphatic carbocycles. The molecule has 1 atom stereocenters. The van der Waals surface area contributed by atoms with Gasteiger partial charge in [0.05, 0.1) is 46.9 Å². The highest BCUT2D eigenvalue weighted by Gasteiger charge is 2.26. The van der Waals surface area contributed by atoms with Crippen molar-refractivity contribution in [1.29, 1.82) is 10.5 Å². The monoisotopic (exact) mass is 536 g/mol. The van der Waals surface area contributed by atoms with E-state index in [2.05, 4.69) is 48.1 Å². The average molecular weight is 537 g/mol. The second kappa shape index (κ2) is 11.4. The average Bonchev–Trinajstić information content (AvgIpc) is 3.65. The number of halogens is 1. The summed E-state index contributed by atoms with van der Waals surface area (Å²) in [5.74, 6) is 0.764. The molecule has 1 aliphatic heterocycles. The quantitative estimate of drug-likeness (QED) is 0.301. The van der Waals surface area contributed by atoms with Gasteiger partial charge in [-0.2, -0.15) is 20.0 Å². The molecule has 2 aromatic heterocycles. The largest absolute Gasteiger partial charge is 0.389 e. The van der Waals surface area contributed by atoms with Crippen LogP contribution in [0.4, 0.5) is 23.1 Å². The van der Waals surface area contributed by atoms with E-state index in [9.17, 15) is 15.6 Å². The van der Waals surface area contributed by atoms with Crippen LogP contribution in [0.1, 0.15) is 36.9 Å². The maximum absolute atomic E-state index is 9.91. The third-order valence-electron chi connectivity index (χ3n) is 6.66. The van der Waals surface area contributed by atoms with Gasteiger partial charge in [0.15, 0.2) is 17.2 Å². The molecule has 1 saturated carbocycles. The fourth-order valence-corrected chi connectivity index (χ4v) is 4.80. The van der Waals surface area contributed by atoms with Gasteiger partial charge in [0, 0.05) is 38.8 Å². The van der Waals surface area contributed by atoms with E-state index in [-0.39, 0.29) is 17.7 Å². The number of nitriles is 2. The number of aromatic nitrogens is 4. The lowest BCUT2D eigenvalue weighted by atomic mass is 10.0. The number of anilines is 4. The molecule has 12 nitrogen and oxygen atoms in total. The number of methoxy groups -OCH3 is 1. The van der Waals surface area contributed by atoms with Gasteiger partial charge in [-0.1, -0.05) is 11.6 Å². The molecule has 13 heteroatoms. The lowest BCUT2D eigenvalue weighted by molar-refractivity contribution is 0.0621. The van der Waals surface area contributed by atoms with E-state index < -0.39 is 6.10 Å². The van der Waals surface area contributed by atoms with E-state index in [0.29, 0.717) is 46.9 Å². The molecule has 38 heavy (non-hydrogen) atoms. The number of aliphatic hydroxyl groups is 1. The number of nitrogens with one attached hydrogen (secondary N) is 3. The van der Waals surface area contributed by atoms with Crippen LogP contribution < -0.4 is 20.9 Å². The number of piperidine rings is 1. The number of hydrogen-bond acceptors (Lipinski definition) is 11. The topological polar surface area (TPSA) is 159 Å². The Morgan fingerprint density at radius 1 is 1.18 bits per heavy atom. The standard InChI is InChI=1S/C25H29ClN10O2/c1-38-14-19(37)13-29-16-4-6-35(7-5-16)21-9-15(10-27)8-20(22(21)26)32-25-33-23(31-17-2-3-17)24-30-12-18(11-28)36(24)34-25/h8-9,12,16-17,19,29,37H,2-7,13-14H2,1H3,(H2,31,32,33,34)/t19-/m1/s1. The van der Waals surface area contributed by atoms with Gasteiger partial charge in [-0.25, -0.2) is 4.98 Å². The first-order valence-electron chi connectivity index (χ1n) is 12.6. The van der Waals surface area contributed by atoms with E-state index in [1.54, 1.807) is 19.2 Å². The van der Waals surface area contributed by atoms with Gasteiger partial charge in [0.25, 0.3) is 0 Å². The number of aliphatic hydroxyl groups excluding tert-OH is 1. The lowest BCUT2D eigenvalue weighted by Crippen LogP contribution is -2.45. The minimum atomic E-state index is -0.540. The van der Waals surface area contributed by atoms with Crippen LogP contribution in [0.3, 0.4) is 0 Å². The van der Waals surface area contributed by atoms with Crippen molar-refractivity contribution in [1.82, 2.24) is 24.9 Å². The van der Waals surface area contributed by atoms with Crippen LogP contribution in [0, 0.1) is 22.7 Å². The molecule has 4 N–H and O–H groups in total. The van der Waals surface area contributed by atoms with Crippen LogP contribution >= 0.6 is 11.6 Å². The zero-order chi connectivity index (χ0) is 26.6. The summed E-state index contributed by atoms with van der Waals surface area (Å²) in [6.45, 7) is 2.25. The van der Waals surface area contributed by atoms with Crippen molar-refractivity contribution in [3.05, 3.63) is 34.6 Å². The van der Waals surface area contributed by atoms with Crippen molar-refractivity contribution in [2.75, 3.05) is 48.9 Å². The van der Waals surface area contributed by atoms with E-state index in [0.717, 1.165) is 44.5 Å². The number of ether oxygens (including phenoxy) is 1. The molecule has 3 heterocycles. The summed E-state index contributed by atoms with van der Waals surface area (Å²) in [6, 6.07) is 8.36. The first-order valence-corrected chi connectivity index (χ1v) is 12.9. The van der Waals surface area contributed by atoms with Gasteiger partial charge in [0.1, 0.15) is 6.07 Å². The summed E-state index contributed by atoms with van der Waals surface area (Å²) < 4.78 is 6.43. The number of hydrogen-bond donors (Lipinski definition) is 4. The third kappa shape index (κ3) is 5.74. The molecular formula is C25H29ClN10O2. The van der Waals surface area contributed by atoms with Crippen molar-refractivity contribution >= 4 is 40.4 Å². The zero-order valence-corrected chi connectivity index (χ0v) is 21.7. The van der Waals surface area contributed by atoms with Crippen molar-refractivity contribution in [3.63, 3.8) is 0 Å². The minimum Gasteiger partial charge on any atom is -0.389 e. The van der Waals surface area contributed by atoms with Crippen LogP contribution in [0.2, 0.25) is 5.02 Å². The molecule has 0 unspecified atom stereocenters. The van der Waals surface area contributed by atoms with E-state index in [1.165, 1.54) is 10.7 Å². The summed E-state index contributed by atoms with van der Waals surface area (Å²) in [6.07, 6.45) is 4.74. The Hall–Kier alpha value is -3.68. The maximum Gasteiger partial charge on any atom is 0.247 e. The predicted molar refractivity (Wildman–Crippen MR) is 143 cm³/mol. The molecule has 0 amide bonds. The second-order valence-corrected chi connectivity index (χ2v) is 9.94. The van der Waals surface area contributed by atoms with Crippen LogP contribution in [-0.2, 0) is 4.74 Å². The molecule has 1 saturated heterocycles. The highest BCUT2D eigenvalue weighted by molar-refractivity contribution is 6.36. The Kier molecular flexibility index (Phi) is 7.77. The Morgan fingerprint density at radius 2 is 1.97 bits per heavy atom. The van der Waals surface area contributed by atoms with Gasteiger partial charge >= 0.3 is 0 Å². The van der Waals surface area contributed by atoms with E-state index in [4.69, 9.17) is 16.3 Å². The molecule has 2 fully saturated rings. The summed E-state index contributed by atoms with van der Waals surface area (Å²) in [5, 5.41) is 43.9. The predicted octanol–water partition coefficient (Wildman–Crippen LogP) is 2.40. The molecule has 3 aromatic rings. The van der Waals surface area contributed by atoms with Crippen LogP contribution in [0.25, 0.3) is 5.65 Å². The molecule has 5 rings (SSSR count). The maximum atomic E-state index is 9.91. The Balaban J connectivity index is 1.36. The van der Waals surface area contributed by atoms with E-state index >= 15 is 0 Å². The number of imidazole rings is 1. The van der Waals surface area contributed by atoms with Gasteiger partial charge in [-0.15, -0.1) is 5.10 Å². The summed E-state index contributed by atoms with van der Waals surface area (Å²) in [7, 11) is 1.57. The van der Waals surface area contributed by atoms with Crippen LogP contribution in [0.5, 0.6) is 0 Å². The van der Waals surface area contributed by atoms with Crippen molar-refractivity contribution in [3.8, 4) is 12.1 Å². The summed E-state index contributed by atoms with van der Waals surface area (Å²) >= 11 is 6.87. The van der Waals surface area contributed by atoms with Gasteiger partial charge in [-0.3, -0.25) is 0 Å². The lowest BCUT2D eigenvalue weighted by Gasteiger charge is -2.35. The summed E-state index contributed by atoms with van der Waals surface area (Å²) in [4.78, 5) is 11.1. The zero-order valence-electron chi connectivity index (χ0n) is 21.0. The Labute approximate surface area is 225 Å². The van der Waals surface area contributed by atoms with Crippen molar-refractivity contribution in [2.45, 2.75) is 43.9 Å². The fraction of sp³-hybridized carbons (Fsp3) is 0.480.